The molecule has 0 fully saturated rings. The Morgan fingerprint density at radius 1 is 1.00 bits per heavy atom. The SMILES string of the molecule is Cc1ccc(-c2csc(=NC(C)C)n2N=Cc2sccc2C)cc1C. The zero-order valence-corrected chi connectivity index (χ0v) is 16.9. The fraction of sp³-hybridized carbons (Fsp3) is 0.300. The lowest BCUT2D eigenvalue weighted by Crippen LogP contribution is -2.14. The molecule has 0 aliphatic rings. The molecule has 5 heteroatoms. The third-order valence-electron chi connectivity index (χ3n) is 4.05. The van der Waals surface area contributed by atoms with E-state index >= 15 is 0 Å². The minimum absolute atomic E-state index is 0.233. The molecule has 0 atom stereocenters. The summed E-state index contributed by atoms with van der Waals surface area (Å²) in [5, 5.41) is 9.01. The fourth-order valence-electron chi connectivity index (χ4n) is 2.45. The molecule has 0 saturated heterocycles. The molecule has 3 aromatic rings. The number of nitrogens with zero attached hydrogens (tertiary/aromatic N) is 3. The molecule has 0 unspecified atom stereocenters. The van der Waals surface area contributed by atoms with Crippen LogP contribution in [0.3, 0.4) is 0 Å². The predicted octanol–water partition coefficient (Wildman–Crippen LogP) is 5.39. The van der Waals surface area contributed by atoms with Crippen molar-refractivity contribution < 1.29 is 0 Å². The van der Waals surface area contributed by atoms with Gasteiger partial charge < -0.3 is 0 Å². The lowest BCUT2D eigenvalue weighted by Gasteiger charge is -2.07. The van der Waals surface area contributed by atoms with Crippen molar-refractivity contribution in [1.82, 2.24) is 4.68 Å². The number of aromatic nitrogens is 1. The third-order valence-corrected chi connectivity index (χ3v) is 5.83. The van der Waals surface area contributed by atoms with Crippen molar-refractivity contribution in [2.45, 2.75) is 40.7 Å². The van der Waals surface area contributed by atoms with Crippen molar-refractivity contribution in [3.8, 4) is 11.3 Å². The Labute approximate surface area is 157 Å². The monoisotopic (exact) mass is 369 g/mol. The molecule has 0 N–H and O–H groups in total. The molecule has 0 spiro atoms. The highest BCUT2D eigenvalue weighted by atomic mass is 32.1. The lowest BCUT2D eigenvalue weighted by molar-refractivity contribution is 0.755. The quantitative estimate of drug-likeness (QED) is 0.552. The van der Waals surface area contributed by atoms with E-state index in [0.29, 0.717) is 0 Å². The molecule has 1 aromatic carbocycles. The number of thiophene rings is 1. The van der Waals surface area contributed by atoms with Gasteiger partial charge in [0, 0.05) is 17.0 Å². The third kappa shape index (κ3) is 3.99. The molecule has 0 bridgehead atoms. The summed E-state index contributed by atoms with van der Waals surface area (Å²) >= 11 is 3.34. The van der Waals surface area contributed by atoms with Gasteiger partial charge in [0.05, 0.1) is 16.8 Å². The van der Waals surface area contributed by atoms with E-state index in [1.165, 1.54) is 27.1 Å². The van der Waals surface area contributed by atoms with E-state index < -0.39 is 0 Å². The first-order chi connectivity index (χ1) is 12.0. The molecule has 0 aliphatic carbocycles. The fourth-order valence-corrected chi connectivity index (χ4v) is 4.20. The van der Waals surface area contributed by atoms with E-state index in [-0.39, 0.29) is 6.04 Å². The molecule has 3 rings (SSSR count). The minimum Gasteiger partial charge on any atom is -0.255 e. The molecule has 3 nitrogen and oxygen atoms in total. The molecule has 25 heavy (non-hydrogen) atoms. The summed E-state index contributed by atoms with van der Waals surface area (Å²) in [5.41, 5.74) is 6.09. The van der Waals surface area contributed by atoms with Gasteiger partial charge in [0.1, 0.15) is 0 Å². The normalized spacial score (nSPS) is 12.6. The van der Waals surface area contributed by atoms with Gasteiger partial charge in [0.2, 0.25) is 4.80 Å². The molecule has 0 saturated carbocycles. The van der Waals surface area contributed by atoms with Gasteiger partial charge in [-0.05, 0) is 68.8 Å². The van der Waals surface area contributed by atoms with Crippen molar-refractivity contribution in [2.75, 3.05) is 0 Å². The van der Waals surface area contributed by atoms with Crippen LogP contribution in [0, 0.1) is 20.8 Å². The van der Waals surface area contributed by atoms with Crippen LogP contribution in [0.25, 0.3) is 11.3 Å². The van der Waals surface area contributed by atoms with E-state index in [9.17, 15) is 0 Å². The summed E-state index contributed by atoms with van der Waals surface area (Å²) < 4.78 is 1.97. The summed E-state index contributed by atoms with van der Waals surface area (Å²) in [6, 6.07) is 8.90. The van der Waals surface area contributed by atoms with Crippen LogP contribution in [0.1, 0.15) is 35.4 Å². The van der Waals surface area contributed by atoms with Gasteiger partial charge in [0.15, 0.2) is 0 Å². The van der Waals surface area contributed by atoms with E-state index in [1.54, 1.807) is 22.7 Å². The average molecular weight is 370 g/mol. The first kappa shape index (κ1) is 17.8. The van der Waals surface area contributed by atoms with Crippen LogP contribution in [0.5, 0.6) is 0 Å². The first-order valence-corrected chi connectivity index (χ1v) is 10.1. The zero-order valence-electron chi connectivity index (χ0n) is 15.3. The van der Waals surface area contributed by atoms with Crippen LogP contribution in [-0.2, 0) is 0 Å². The summed E-state index contributed by atoms with van der Waals surface area (Å²) in [6.45, 7) is 10.6. The van der Waals surface area contributed by atoms with Crippen molar-refractivity contribution in [1.29, 1.82) is 0 Å². The Morgan fingerprint density at radius 2 is 1.80 bits per heavy atom. The summed E-state index contributed by atoms with van der Waals surface area (Å²) in [6.07, 6.45) is 1.94. The van der Waals surface area contributed by atoms with Crippen LogP contribution in [0.4, 0.5) is 0 Å². The van der Waals surface area contributed by atoms with Crippen molar-refractivity contribution in [2.24, 2.45) is 10.1 Å². The van der Waals surface area contributed by atoms with Gasteiger partial charge in [-0.15, -0.1) is 22.7 Å². The predicted molar refractivity (Wildman–Crippen MR) is 110 cm³/mol. The van der Waals surface area contributed by atoms with Gasteiger partial charge in [0.25, 0.3) is 0 Å². The Hall–Kier alpha value is -1.98. The van der Waals surface area contributed by atoms with Crippen LogP contribution in [-0.4, -0.2) is 16.9 Å². The molecule has 0 aliphatic heterocycles. The average Bonchev–Trinajstić information content (AvgIpc) is 3.14. The molecule has 130 valence electrons. The van der Waals surface area contributed by atoms with Crippen LogP contribution >= 0.6 is 22.7 Å². The van der Waals surface area contributed by atoms with Crippen molar-refractivity contribution >= 4 is 28.9 Å². The maximum Gasteiger partial charge on any atom is 0.206 e. The standard InChI is InChI=1S/C20H23N3S2/c1-13(2)22-20-23(21-11-19-15(4)8-9-24-19)18(12-25-20)17-7-6-14(3)16(5)10-17/h6-13H,1-5H3. The van der Waals surface area contributed by atoms with E-state index in [4.69, 9.17) is 10.1 Å². The van der Waals surface area contributed by atoms with E-state index in [2.05, 4.69) is 69.6 Å². The van der Waals surface area contributed by atoms with E-state index in [0.717, 1.165) is 10.5 Å². The number of thiazole rings is 1. The molecular formula is C20H23N3S2. The van der Waals surface area contributed by atoms with E-state index in [1.807, 2.05) is 10.9 Å². The lowest BCUT2D eigenvalue weighted by atomic mass is 10.1. The number of hydrogen-bond acceptors (Lipinski definition) is 4. The number of benzene rings is 1. The van der Waals surface area contributed by atoms with Gasteiger partial charge in [-0.3, -0.25) is 4.99 Å². The highest BCUT2D eigenvalue weighted by Gasteiger charge is 2.09. The largest absolute Gasteiger partial charge is 0.255 e. The van der Waals surface area contributed by atoms with Crippen molar-refractivity contribution in [3.05, 3.63) is 61.4 Å². The highest BCUT2D eigenvalue weighted by molar-refractivity contribution is 7.11. The van der Waals surface area contributed by atoms with Crippen LogP contribution in [0.2, 0.25) is 0 Å². The van der Waals surface area contributed by atoms with Gasteiger partial charge in [-0.2, -0.15) is 5.10 Å². The second kappa shape index (κ2) is 7.50. The zero-order chi connectivity index (χ0) is 18.0. The molecular weight excluding hydrogens is 346 g/mol. The Bertz CT molecular complexity index is 971. The number of aryl methyl sites for hydroxylation is 3. The summed E-state index contributed by atoms with van der Waals surface area (Å²) in [5.74, 6) is 0. The van der Waals surface area contributed by atoms with Crippen molar-refractivity contribution in [3.63, 3.8) is 0 Å². The maximum atomic E-state index is 4.77. The Kier molecular flexibility index (Phi) is 5.35. The topological polar surface area (TPSA) is 29.6 Å². The Morgan fingerprint density at radius 3 is 2.44 bits per heavy atom. The molecule has 2 aromatic heterocycles. The number of rotatable bonds is 4. The van der Waals surface area contributed by atoms with Gasteiger partial charge >= 0.3 is 0 Å². The molecule has 0 amide bonds. The minimum atomic E-state index is 0.233. The number of hydrogen-bond donors (Lipinski definition) is 0. The summed E-state index contributed by atoms with van der Waals surface area (Å²) in [4.78, 5) is 6.84. The molecule has 0 radical (unpaired) electrons. The summed E-state index contributed by atoms with van der Waals surface area (Å²) in [7, 11) is 0. The van der Waals surface area contributed by atoms with Gasteiger partial charge in [-0.1, -0.05) is 12.1 Å². The maximum absolute atomic E-state index is 4.77. The smallest absolute Gasteiger partial charge is 0.206 e. The Balaban J connectivity index is 2.13. The molecule has 2 heterocycles. The van der Waals surface area contributed by atoms with Gasteiger partial charge in [-0.25, -0.2) is 4.68 Å². The highest BCUT2D eigenvalue weighted by Crippen LogP contribution is 2.23. The van der Waals surface area contributed by atoms with Crippen LogP contribution in [0.15, 0.2) is 45.1 Å². The second-order valence-corrected chi connectivity index (χ2v) is 8.23. The van der Waals surface area contributed by atoms with Crippen LogP contribution < -0.4 is 4.80 Å². The first-order valence-electron chi connectivity index (χ1n) is 8.36. The second-order valence-electron chi connectivity index (χ2n) is 6.45.